The van der Waals surface area contributed by atoms with Crippen molar-refractivity contribution >= 4 is 33.6 Å². The second-order valence-electron chi connectivity index (χ2n) is 24.7. The van der Waals surface area contributed by atoms with Crippen molar-refractivity contribution in [2.75, 3.05) is 39.6 Å². The van der Waals surface area contributed by atoms with Crippen LogP contribution in [-0.2, 0) is 55.8 Å². The van der Waals surface area contributed by atoms with Gasteiger partial charge in [-0.05, 0) is 135 Å². The summed E-state index contributed by atoms with van der Waals surface area (Å²) in [5.41, 5.74) is 0. The lowest BCUT2D eigenvalue weighted by Crippen LogP contribution is -2.30. The van der Waals surface area contributed by atoms with Gasteiger partial charge in [0.1, 0.15) is 25.4 Å². The van der Waals surface area contributed by atoms with Crippen LogP contribution >= 0.6 is 15.6 Å². The molecule has 0 bridgehead atoms. The van der Waals surface area contributed by atoms with Gasteiger partial charge in [-0.25, -0.2) is 9.13 Å². The Balaban J connectivity index is 4.52. The van der Waals surface area contributed by atoms with Crippen LogP contribution < -0.4 is 0 Å². The van der Waals surface area contributed by atoms with Crippen LogP contribution in [0.1, 0.15) is 290 Å². The molecule has 0 saturated heterocycles. The van der Waals surface area contributed by atoms with Gasteiger partial charge in [0.05, 0.1) is 26.4 Å². The number of unbranched alkanes of at least 4 members (excludes halogenated alkanes) is 25. The fraction of sp³-hybridized carbons (Fsp3) is 0.684. The largest absolute Gasteiger partial charge is 0.472 e. The van der Waals surface area contributed by atoms with E-state index in [1.165, 1.54) is 77.0 Å². The van der Waals surface area contributed by atoms with Gasteiger partial charge in [-0.15, -0.1) is 0 Å². The third-order valence-corrected chi connectivity index (χ3v) is 17.2. The Morgan fingerprint density at radius 3 is 0.866 bits per heavy atom. The van der Waals surface area contributed by atoms with E-state index in [1.54, 1.807) is 0 Å². The Kier molecular flexibility index (Phi) is 68.3. The number of carbonyl (C=O) groups excluding carboxylic acids is 3. The van der Waals surface area contributed by atoms with Crippen molar-refractivity contribution in [2.24, 2.45) is 0 Å². The number of aliphatic hydroxyl groups is 2. The van der Waals surface area contributed by atoms with E-state index in [0.717, 1.165) is 154 Å². The minimum absolute atomic E-state index is 0.0803. The highest BCUT2D eigenvalue weighted by Gasteiger charge is 2.29. The van der Waals surface area contributed by atoms with E-state index in [2.05, 4.69) is 154 Å². The summed E-state index contributed by atoms with van der Waals surface area (Å²) in [4.78, 5) is 58.5. The summed E-state index contributed by atoms with van der Waals surface area (Å²) in [6, 6.07) is 0. The van der Waals surface area contributed by atoms with Gasteiger partial charge in [0.25, 0.3) is 0 Å². The molecule has 556 valence electrons. The predicted octanol–water partition coefficient (Wildman–Crippen LogP) is 21.5. The Hall–Kier alpha value is -4.31. The third-order valence-electron chi connectivity index (χ3n) is 15.3. The summed E-state index contributed by atoms with van der Waals surface area (Å²) in [7, 11) is -9.80. The number of phosphoric acid groups is 2. The first-order valence-electron chi connectivity index (χ1n) is 37.5. The van der Waals surface area contributed by atoms with Crippen LogP contribution in [0, 0.1) is 0 Å². The van der Waals surface area contributed by atoms with Gasteiger partial charge in [0.15, 0.2) is 6.10 Å². The molecule has 0 aromatic heterocycles. The lowest BCUT2D eigenvalue weighted by molar-refractivity contribution is -0.161. The van der Waals surface area contributed by atoms with E-state index in [0.29, 0.717) is 19.3 Å². The number of hydrogen-bond acceptors (Lipinski definition) is 14. The lowest BCUT2D eigenvalue weighted by atomic mass is 10.0. The molecule has 97 heavy (non-hydrogen) atoms. The molecule has 0 saturated carbocycles. The molecule has 4 N–H and O–H groups in total. The minimum atomic E-state index is -4.94. The quantitative estimate of drug-likeness (QED) is 0.0146. The smallest absolute Gasteiger partial charge is 0.463 e. The topological polar surface area (TPSA) is 231 Å². The SMILES string of the molecule is CC/C=C\C/C=C\C/C=C\C/C=C\C/C=C\CCCCCCCCCCCCCCCC(=O)OCC(O)COP(=O)(O)OCC(O)COP(=O)(O)OCC(COC(=O)CCCCCC/C=C\C/C=C\C/C=C\C/C=C\CC)OC(=O)CCCCCCC/C=C\C/C=C\CCCCC. The van der Waals surface area contributed by atoms with Crippen LogP contribution in [0.3, 0.4) is 0 Å². The molecule has 5 atom stereocenters. The molecule has 0 spiro atoms. The maximum atomic E-state index is 12.9. The van der Waals surface area contributed by atoms with Crippen molar-refractivity contribution in [1.82, 2.24) is 0 Å². The molecule has 0 aromatic rings. The fourth-order valence-corrected chi connectivity index (χ4v) is 11.3. The number of aliphatic hydroxyl groups excluding tert-OH is 2. The van der Waals surface area contributed by atoms with Gasteiger partial charge in [-0.1, -0.05) is 270 Å². The second-order valence-corrected chi connectivity index (χ2v) is 27.6. The molecular weight excluding hydrogens is 1270 g/mol. The van der Waals surface area contributed by atoms with Crippen LogP contribution in [0.2, 0.25) is 0 Å². The van der Waals surface area contributed by atoms with Gasteiger partial charge >= 0.3 is 33.6 Å². The average molecular weight is 1400 g/mol. The molecule has 0 fully saturated rings. The van der Waals surface area contributed by atoms with E-state index in [4.69, 9.17) is 32.3 Å². The molecule has 16 nitrogen and oxygen atoms in total. The number of rotatable bonds is 70. The molecule has 0 aliphatic heterocycles. The molecule has 0 heterocycles. The molecular formula is C79H134O16P2. The summed E-state index contributed by atoms with van der Waals surface area (Å²) in [6.07, 6.45) is 85.1. The first-order chi connectivity index (χ1) is 47.2. The first kappa shape index (κ1) is 92.7. The molecule has 0 aliphatic rings. The van der Waals surface area contributed by atoms with Crippen LogP contribution in [0.5, 0.6) is 0 Å². The zero-order valence-corrected chi connectivity index (χ0v) is 62.2. The lowest BCUT2D eigenvalue weighted by Gasteiger charge is -2.21. The van der Waals surface area contributed by atoms with Crippen molar-refractivity contribution in [1.29, 1.82) is 0 Å². The van der Waals surface area contributed by atoms with E-state index in [-0.39, 0.29) is 19.3 Å². The van der Waals surface area contributed by atoms with Gasteiger partial charge in [-0.3, -0.25) is 32.5 Å². The highest BCUT2D eigenvalue weighted by molar-refractivity contribution is 7.47. The summed E-state index contributed by atoms with van der Waals surface area (Å²) in [6.45, 7) is 2.37. The van der Waals surface area contributed by atoms with Gasteiger partial charge in [0.2, 0.25) is 0 Å². The van der Waals surface area contributed by atoms with Crippen LogP contribution in [0.4, 0.5) is 0 Å². The number of allylic oxidation sites excluding steroid dienone is 22. The van der Waals surface area contributed by atoms with Crippen LogP contribution in [0.15, 0.2) is 134 Å². The molecule has 0 aromatic carbocycles. The minimum Gasteiger partial charge on any atom is -0.463 e. The number of hydrogen-bond donors (Lipinski definition) is 4. The average Bonchev–Trinajstić information content (AvgIpc) is 1.48. The second kappa shape index (κ2) is 71.5. The Labute approximate surface area is 588 Å². The fourth-order valence-electron chi connectivity index (χ4n) is 9.68. The Morgan fingerprint density at radius 2 is 0.546 bits per heavy atom. The summed E-state index contributed by atoms with van der Waals surface area (Å²) < 4.78 is 61.0. The van der Waals surface area contributed by atoms with Crippen molar-refractivity contribution < 1.29 is 75.8 Å². The Morgan fingerprint density at radius 1 is 0.299 bits per heavy atom. The summed E-state index contributed by atoms with van der Waals surface area (Å²) in [5.74, 6) is -1.62. The molecule has 18 heteroatoms. The summed E-state index contributed by atoms with van der Waals surface area (Å²) >= 11 is 0. The number of phosphoric ester groups is 2. The van der Waals surface area contributed by atoms with Crippen molar-refractivity contribution in [3.05, 3.63) is 134 Å². The van der Waals surface area contributed by atoms with Crippen LogP contribution in [-0.4, -0.2) is 95.9 Å². The van der Waals surface area contributed by atoms with E-state index in [1.807, 2.05) is 0 Å². The van der Waals surface area contributed by atoms with E-state index >= 15 is 0 Å². The molecule has 0 rings (SSSR count). The van der Waals surface area contributed by atoms with Crippen molar-refractivity contribution in [2.45, 2.75) is 309 Å². The summed E-state index contributed by atoms with van der Waals surface area (Å²) in [5, 5.41) is 20.6. The van der Waals surface area contributed by atoms with Crippen molar-refractivity contribution in [3.8, 4) is 0 Å². The monoisotopic (exact) mass is 1400 g/mol. The maximum Gasteiger partial charge on any atom is 0.472 e. The zero-order valence-electron chi connectivity index (χ0n) is 60.5. The normalized spacial score (nSPS) is 14.8. The zero-order chi connectivity index (χ0) is 70.9. The first-order valence-corrected chi connectivity index (χ1v) is 40.5. The van der Waals surface area contributed by atoms with Gasteiger partial charge < -0.3 is 34.2 Å². The van der Waals surface area contributed by atoms with E-state index < -0.39 is 91.5 Å². The Bertz CT molecular complexity index is 2300. The molecule has 5 unspecified atom stereocenters. The highest BCUT2D eigenvalue weighted by Crippen LogP contribution is 2.45. The predicted molar refractivity (Wildman–Crippen MR) is 399 cm³/mol. The molecule has 0 aliphatic carbocycles. The number of carbonyl (C=O) groups is 3. The van der Waals surface area contributed by atoms with Gasteiger partial charge in [-0.2, -0.15) is 0 Å². The molecule has 0 radical (unpaired) electrons. The standard InChI is InChI=1S/C79H134O16P2/c1-4-7-10-13-16-19-22-25-28-30-31-32-33-34-35-36-37-38-39-40-41-43-46-47-50-53-56-59-62-65-77(82)89-68-74(80)69-91-96(85,86)92-70-75(81)71-93-97(87,88)94-73-76(95-79(84)67-64-61-58-55-52-49-44-27-24-21-18-15-12-9-6-3)72-90-78(83)66-63-60-57-54-51-48-45-42-29-26-23-20-17-14-11-8-5-2/h7-8,10-11,16-21,25-29,31-32,34-35,44-45,48,74-76,80-81H,4-6,9,12-15,22-24,30,33,36-43,46-47,49-73H2,1-3H3,(H,85,86)(H,87,88)/b10-7-,11-8-,19-16-,20-17-,21-18-,28-25-,29-26-,32-31-,35-34-,44-27-,48-45-. The van der Waals surface area contributed by atoms with E-state index in [9.17, 15) is 43.5 Å². The van der Waals surface area contributed by atoms with Crippen LogP contribution in [0.25, 0.3) is 0 Å². The molecule has 0 amide bonds. The maximum absolute atomic E-state index is 12.9. The number of esters is 3. The van der Waals surface area contributed by atoms with Gasteiger partial charge in [0, 0.05) is 19.3 Å². The van der Waals surface area contributed by atoms with Crippen molar-refractivity contribution in [3.63, 3.8) is 0 Å². The third kappa shape index (κ3) is 72.8. The highest BCUT2D eigenvalue weighted by atomic mass is 31.2. The number of ether oxygens (including phenoxy) is 3.